The Hall–Kier alpha value is -2.76. The van der Waals surface area contributed by atoms with Crippen LogP contribution in [0.2, 0.25) is 0 Å². The average Bonchev–Trinajstić information content (AvgIpc) is 3.13. The van der Waals surface area contributed by atoms with Crippen LogP contribution in [-0.2, 0) is 4.84 Å². The van der Waals surface area contributed by atoms with Gasteiger partial charge in [-0.25, -0.2) is 4.98 Å². The fourth-order valence-corrected chi connectivity index (χ4v) is 3.81. The highest BCUT2D eigenvalue weighted by molar-refractivity contribution is 6.02. The van der Waals surface area contributed by atoms with E-state index in [2.05, 4.69) is 46.2 Å². The lowest BCUT2D eigenvalue weighted by Gasteiger charge is -2.39. The molecule has 0 N–H and O–H groups in total. The monoisotopic (exact) mass is 366 g/mol. The smallest absolute Gasteiger partial charge is 0.171 e. The molecule has 1 saturated heterocycles. The molecule has 2 aromatic rings. The molecule has 4 rings (SSSR count). The molecule has 0 radical (unpaired) electrons. The summed E-state index contributed by atoms with van der Waals surface area (Å²) in [6.07, 6.45) is 9.24. The van der Waals surface area contributed by atoms with Crippen molar-refractivity contribution in [3.63, 3.8) is 0 Å². The normalized spacial score (nSPS) is 20.9. The van der Waals surface area contributed by atoms with Crippen LogP contribution in [0, 0.1) is 6.92 Å². The first-order valence-corrected chi connectivity index (χ1v) is 9.56. The van der Waals surface area contributed by atoms with Gasteiger partial charge in [0.1, 0.15) is 12.4 Å². The summed E-state index contributed by atoms with van der Waals surface area (Å²) in [7, 11) is 1.70. The van der Waals surface area contributed by atoms with Crippen molar-refractivity contribution in [3.8, 4) is 11.4 Å². The number of ether oxygens (including phenoxy) is 1. The molecule has 6 heteroatoms. The maximum absolute atomic E-state index is 5.64. The van der Waals surface area contributed by atoms with Crippen LogP contribution in [0.25, 0.3) is 11.8 Å². The van der Waals surface area contributed by atoms with Gasteiger partial charge in [-0.3, -0.25) is 0 Å². The van der Waals surface area contributed by atoms with Gasteiger partial charge < -0.3 is 19.0 Å². The van der Waals surface area contributed by atoms with Gasteiger partial charge in [-0.2, -0.15) is 0 Å². The van der Waals surface area contributed by atoms with Gasteiger partial charge in [0.25, 0.3) is 0 Å². The molecule has 0 amide bonds. The molecule has 0 unspecified atom stereocenters. The van der Waals surface area contributed by atoms with Gasteiger partial charge in [0.15, 0.2) is 5.84 Å². The predicted molar refractivity (Wildman–Crippen MR) is 106 cm³/mol. The van der Waals surface area contributed by atoms with E-state index in [0.29, 0.717) is 12.6 Å². The van der Waals surface area contributed by atoms with E-state index >= 15 is 0 Å². The van der Waals surface area contributed by atoms with Gasteiger partial charge in [0, 0.05) is 12.7 Å². The van der Waals surface area contributed by atoms with Gasteiger partial charge in [-0.1, -0.05) is 18.1 Å². The van der Waals surface area contributed by atoms with Gasteiger partial charge in [0.05, 0.1) is 30.9 Å². The maximum atomic E-state index is 5.64. The fraction of sp³-hybridized carbons (Fsp3) is 0.429. The lowest BCUT2D eigenvalue weighted by atomic mass is 9.97. The standard InChI is InChI=1S/C21H26N4O2/c1-4-18-13-27-23-21-17(6-5-9-25(18)21)10-16-7-8-19(20(11-16)26-3)24-12-15(2)22-14-24/h7-8,10-12,14,18H,4-6,9,13H2,1-3H3/b17-10+/t18-/m0/s1. The largest absolute Gasteiger partial charge is 0.495 e. The first-order valence-electron chi connectivity index (χ1n) is 9.56. The summed E-state index contributed by atoms with van der Waals surface area (Å²) in [6.45, 7) is 5.92. The van der Waals surface area contributed by atoms with Crippen molar-refractivity contribution >= 4 is 11.9 Å². The Morgan fingerprint density at radius 2 is 2.26 bits per heavy atom. The molecule has 6 nitrogen and oxygen atoms in total. The Kier molecular flexibility index (Phi) is 4.88. The van der Waals surface area contributed by atoms with Crippen molar-refractivity contribution in [3.05, 3.63) is 47.6 Å². The Balaban J connectivity index is 1.66. The van der Waals surface area contributed by atoms with Crippen molar-refractivity contribution in [2.75, 3.05) is 20.3 Å². The van der Waals surface area contributed by atoms with Crippen molar-refractivity contribution in [1.29, 1.82) is 0 Å². The number of aryl methyl sites for hydroxylation is 1. The first kappa shape index (κ1) is 17.6. The zero-order valence-corrected chi connectivity index (χ0v) is 16.2. The highest BCUT2D eigenvalue weighted by Gasteiger charge is 2.30. The van der Waals surface area contributed by atoms with E-state index in [1.54, 1.807) is 7.11 Å². The number of benzene rings is 1. The third kappa shape index (κ3) is 3.44. The molecule has 0 bridgehead atoms. The van der Waals surface area contributed by atoms with Crippen LogP contribution in [0.1, 0.15) is 37.4 Å². The van der Waals surface area contributed by atoms with E-state index in [4.69, 9.17) is 9.57 Å². The highest BCUT2D eigenvalue weighted by Crippen LogP contribution is 2.29. The van der Waals surface area contributed by atoms with Crippen LogP contribution in [-0.4, -0.2) is 46.6 Å². The van der Waals surface area contributed by atoms with Crippen LogP contribution in [0.3, 0.4) is 0 Å². The molecule has 3 heterocycles. The highest BCUT2D eigenvalue weighted by atomic mass is 16.6. The Morgan fingerprint density at radius 1 is 1.37 bits per heavy atom. The molecule has 1 fully saturated rings. The summed E-state index contributed by atoms with van der Waals surface area (Å²) in [5.41, 5.74) is 4.29. The Labute approximate surface area is 160 Å². The van der Waals surface area contributed by atoms with Gasteiger partial charge in [-0.05, 0) is 55.5 Å². The third-order valence-corrected chi connectivity index (χ3v) is 5.27. The SMILES string of the molecule is CC[C@H]1CON=C2/C(=C/c3ccc(-n4cnc(C)c4)c(OC)c3)CCCN21. The number of hydrogen-bond acceptors (Lipinski definition) is 5. The van der Waals surface area contributed by atoms with E-state index in [-0.39, 0.29) is 0 Å². The van der Waals surface area contributed by atoms with E-state index in [0.717, 1.165) is 54.3 Å². The molecule has 1 aromatic heterocycles. The second-order valence-corrected chi connectivity index (χ2v) is 7.09. The number of nitrogens with zero attached hydrogens (tertiary/aromatic N) is 4. The molecule has 0 spiro atoms. The number of oxime groups is 1. The second-order valence-electron chi connectivity index (χ2n) is 7.09. The molecule has 27 heavy (non-hydrogen) atoms. The second kappa shape index (κ2) is 7.47. The number of aromatic nitrogens is 2. The number of imidazole rings is 1. The van der Waals surface area contributed by atoms with E-state index < -0.39 is 0 Å². The lowest BCUT2D eigenvalue weighted by Crippen LogP contribution is -2.48. The molecule has 1 aromatic carbocycles. The molecular weight excluding hydrogens is 340 g/mol. The molecule has 0 aliphatic carbocycles. The molecule has 0 saturated carbocycles. The molecule has 1 atom stereocenters. The number of methoxy groups -OCH3 is 1. The quantitative estimate of drug-likeness (QED) is 0.826. The fourth-order valence-electron chi connectivity index (χ4n) is 3.81. The molecule has 142 valence electrons. The van der Waals surface area contributed by atoms with Crippen molar-refractivity contribution in [1.82, 2.24) is 14.5 Å². The van der Waals surface area contributed by atoms with Crippen LogP contribution in [0.15, 0.2) is 41.5 Å². The Bertz CT molecular complexity index is 884. The van der Waals surface area contributed by atoms with Gasteiger partial charge >= 0.3 is 0 Å². The lowest BCUT2D eigenvalue weighted by molar-refractivity contribution is 0.0564. The van der Waals surface area contributed by atoms with E-state index in [9.17, 15) is 0 Å². The topological polar surface area (TPSA) is 51.9 Å². The summed E-state index contributed by atoms with van der Waals surface area (Å²) >= 11 is 0. The van der Waals surface area contributed by atoms with E-state index in [1.165, 1.54) is 5.57 Å². The summed E-state index contributed by atoms with van der Waals surface area (Å²) < 4.78 is 7.62. The number of rotatable bonds is 4. The minimum absolute atomic E-state index is 0.419. The number of amidine groups is 1. The maximum Gasteiger partial charge on any atom is 0.171 e. The summed E-state index contributed by atoms with van der Waals surface area (Å²) in [4.78, 5) is 12.2. The zero-order chi connectivity index (χ0) is 18.8. The number of fused-ring (bicyclic) bond motifs is 1. The van der Waals surface area contributed by atoms with Crippen molar-refractivity contribution in [2.24, 2.45) is 5.16 Å². The van der Waals surface area contributed by atoms with Crippen molar-refractivity contribution in [2.45, 2.75) is 39.2 Å². The summed E-state index contributed by atoms with van der Waals surface area (Å²) in [5, 5.41) is 4.37. The predicted octanol–water partition coefficient (Wildman–Crippen LogP) is 3.79. The van der Waals surface area contributed by atoms with Crippen LogP contribution in [0.5, 0.6) is 5.75 Å². The Morgan fingerprint density at radius 3 is 3.00 bits per heavy atom. The molecule has 2 aliphatic rings. The minimum atomic E-state index is 0.419. The minimum Gasteiger partial charge on any atom is -0.495 e. The zero-order valence-electron chi connectivity index (χ0n) is 16.2. The summed E-state index contributed by atoms with van der Waals surface area (Å²) in [6, 6.07) is 6.67. The average molecular weight is 366 g/mol. The number of hydrogen-bond donors (Lipinski definition) is 0. The van der Waals surface area contributed by atoms with Crippen LogP contribution < -0.4 is 4.74 Å². The van der Waals surface area contributed by atoms with Gasteiger partial charge in [0.2, 0.25) is 0 Å². The molecule has 2 aliphatic heterocycles. The van der Waals surface area contributed by atoms with E-state index in [1.807, 2.05) is 24.0 Å². The first-order chi connectivity index (χ1) is 13.2. The van der Waals surface area contributed by atoms with Crippen LogP contribution >= 0.6 is 0 Å². The third-order valence-electron chi connectivity index (χ3n) is 5.27. The number of piperidine rings is 1. The van der Waals surface area contributed by atoms with Crippen molar-refractivity contribution < 1.29 is 9.57 Å². The molecular formula is C21H26N4O2. The summed E-state index contributed by atoms with van der Waals surface area (Å²) in [5.74, 6) is 1.82. The van der Waals surface area contributed by atoms with Gasteiger partial charge in [-0.15, -0.1) is 0 Å². The van der Waals surface area contributed by atoms with Crippen LogP contribution in [0.4, 0.5) is 0 Å².